The molecule has 4 nitrogen and oxygen atoms in total. The van der Waals surface area contributed by atoms with Gasteiger partial charge in [-0.3, -0.25) is 4.79 Å². The average Bonchev–Trinajstić information content (AvgIpc) is 3.47. The van der Waals surface area contributed by atoms with Gasteiger partial charge in [0, 0.05) is 17.0 Å². The first kappa shape index (κ1) is 18.7. The Hall–Kier alpha value is -2.04. The van der Waals surface area contributed by atoms with E-state index in [2.05, 4.69) is 6.07 Å². The molecule has 3 rings (SSSR count). The molecule has 0 aromatic heterocycles. The maximum Gasteiger partial charge on any atom is 0.310 e. The van der Waals surface area contributed by atoms with Crippen molar-refractivity contribution >= 4 is 17.6 Å². The first-order valence-corrected chi connectivity index (χ1v) is 9.26. The number of esters is 1. The van der Waals surface area contributed by atoms with Gasteiger partial charge >= 0.3 is 5.97 Å². The standard InChI is InChI=1S/C21H23ClO4/c1-3-21(24)26-19-6-4-5-15(11-23)17(19)12-25-20-10-18(22)13(2)9-16(20)14-7-8-14/h4-6,9-10,14,23H,3,7-8,11-12H2,1-2H3. The van der Waals surface area contributed by atoms with Gasteiger partial charge in [-0.05, 0) is 54.5 Å². The Morgan fingerprint density at radius 1 is 1.27 bits per heavy atom. The topological polar surface area (TPSA) is 55.8 Å². The number of hydrogen-bond donors (Lipinski definition) is 1. The highest BCUT2D eigenvalue weighted by molar-refractivity contribution is 6.31. The van der Waals surface area contributed by atoms with Crippen LogP contribution in [0, 0.1) is 6.92 Å². The average molecular weight is 375 g/mol. The number of aryl methyl sites for hydroxylation is 1. The van der Waals surface area contributed by atoms with Gasteiger partial charge in [-0.15, -0.1) is 0 Å². The van der Waals surface area contributed by atoms with Crippen LogP contribution in [0.1, 0.15) is 54.4 Å². The molecule has 26 heavy (non-hydrogen) atoms. The number of rotatable bonds is 7. The lowest BCUT2D eigenvalue weighted by Gasteiger charge is -2.17. The molecule has 1 fully saturated rings. The van der Waals surface area contributed by atoms with Crippen molar-refractivity contribution in [2.75, 3.05) is 0 Å². The number of ether oxygens (including phenoxy) is 2. The van der Waals surface area contributed by atoms with Gasteiger partial charge in [-0.25, -0.2) is 0 Å². The Kier molecular flexibility index (Phi) is 5.84. The molecule has 5 heteroatoms. The first-order chi connectivity index (χ1) is 12.5. The normalized spacial score (nSPS) is 13.5. The highest BCUT2D eigenvalue weighted by atomic mass is 35.5. The number of hydrogen-bond acceptors (Lipinski definition) is 4. The summed E-state index contributed by atoms with van der Waals surface area (Å²) in [4.78, 5) is 11.7. The molecular formula is C21H23ClO4. The number of benzene rings is 2. The van der Waals surface area contributed by atoms with Crippen molar-refractivity contribution in [2.45, 2.75) is 52.2 Å². The van der Waals surface area contributed by atoms with E-state index < -0.39 is 0 Å². The van der Waals surface area contributed by atoms with Crippen LogP contribution in [0.2, 0.25) is 5.02 Å². The second kappa shape index (κ2) is 8.11. The quantitative estimate of drug-likeness (QED) is 0.552. The number of halogens is 1. The van der Waals surface area contributed by atoms with Crippen molar-refractivity contribution in [3.05, 3.63) is 57.6 Å². The second-order valence-electron chi connectivity index (χ2n) is 6.58. The Labute approximate surface area is 158 Å². The molecule has 0 aliphatic heterocycles. The van der Waals surface area contributed by atoms with Crippen LogP contribution in [0.4, 0.5) is 0 Å². The van der Waals surface area contributed by atoms with E-state index in [0.29, 0.717) is 27.8 Å². The third kappa shape index (κ3) is 4.19. The van der Waals surface area contributed by atoms with Crippen LogP contribution >= 0.6 is 11.6 Å². The molecule has 1 aliphatic rings. The molecule has 0 unspecified atom stereocenters. The minimum atomic E-state index is -0.321. The third-order valence-corrected chi connectivity index (χ3v) is 5.00. The van der Waals surface area contributed by atoms with Crippen LogP contribution < -0.4 is 9.47 Å². The van der Waals surface area contributed by atoms with Gasteiger partial charge in [0.15, 0.2) is 0 Å². The summed E-state index contributed by atoms with van der Waals surface area (Å²) >= 11 is 6.28. The van der Waals surface area contributed by atoms with Crippen molar-refractivity contribution in [2.24, 2.45) is 0 Å². The van der Waals surface area contributed by atoms with Crippen LogP contribution in [0.3, 0.4) is 0 Å². The molecular weight excluding hydrogens is 352 g/mol. The Morgan fingerprint density at radius 2 is 2.04 bits per heavy atom. The van der Waals surface area contributed by atoms with Crippen molar-refractivity contribution < 1.29 is 19.4 Å². The van der Waals surface area contributed by atoms with Gasteiger partial charge in [0.2, 0.25) is 0 Å². The molecule has 1 saturated carbocycles. The highest BCUT2D eigenvalue weighted by Gasteiger charge is 2.27. The molecule has 0 saturated heterocycles. The zero-order valence-corrected chi connectivity index (χ0v) is 15.8. The van der Waals surface area contributed by atoms with E-state index in [9.17, 15) is 9.90 Å². The van der Waals surface area contributed by atoms with Gasteiger partial charge in [0.25, 0.3) is 0 Å². The number of aliphatic hydroxyl groups excluding tert-OH is 1. The first-order valence-electron chi connectivity index (χ1n) is 8.88. The minimum absolute atomic E-state index is 0.152. The fourth-order valence-corrected chi connectivity index (χ4v) is 3.04. The van der Waals surface area contributed by atoms with Crippen LogP contribution in [0.5, 0.6) is 11.5 Å². The van der Waals surface area contributed by atoms with E-state index in [0.717, 1.165) is 24.2 Å². The summed E-state index contributed by atoms with van der Waals surface area (Å²) in [7, 11) is 0. The highest BCUT2D eigenvalue weighted by Crippen LogP contribution is 2.46. The number of aliphatic hydroxyl groups is 1. The summed E-state index contributed by atoms with van der Waals surface area (Å²) in [5.41, 5.74) is 3.56. The fourth-order valence-electron chi connectivity index (χ4n) is 2.89. The lowest BCUT2D eigenvalue weighted by atomic mass is 10.1. The Morgan fingerprint density at radius 3 is 2.69 bits per heavy atom. The van der Waals surface area contributed by atoms with Gasteiger partial charge < -0.3 is 14.6 Å². The van der Waals surface area contributed by atoms with E-state index in [1.807, 2.05) is 13.0 Å². The zero-order chi connectivity index (χ0) is 18.7. The van der Waals surface area contributed by atoms with Crippen molar-refractivity contribution in [1.29, 1.82) is 0 Å². The molecule has 1 aliphatic carbocycles. The summed E-state index contributed by atoms with van der Waals surface area (Å²) in [6.45, 7) is 3.77. The summed E-state index contributed by atoms with van der Waals surface area (Å²) in [6, 6.07) is 9.21. The van der Waals surface area contributed by atoms with Crippen molar-refractivity contribution in [3.63, 3.8) is 0 Å². The molecule has 0 spiro atoms. The lowest BCUT2D eigenvalue weighted by molar-refractivity contribution is -0.134. The van der Waals surface area contributed by atoms with E-state index in [1.54, 1.807) is 25.1 Å². The van der Waals surface area contributed by atoms with E-state index >= 15 is 0 Å². The molecule has 2 aromatic carbocycles. The zero-order valence-electron chi connectivity index (χ0n) is 15.0. The Balaban J connectivity index is 1.88. The Bertz CT molecular complexity index is 812. The predicted molar refractivity (Wildman–Crippen MR) is 101 cm³/mol. The van der Waals surface area contributed by atoms with Gasteiger partial charge in [0.05, 0.1) is 6.61 Å². The summed E-state index contributed by atoms with van der Waals surface area (Å²) in [5.74, 6) is 1.38. The molecule has 0 atom stereocenters. The SMILES string of the molecule is CCC(=O)Oc1cccc(CO)c1COc1cc(Cl)c(C)cc1C1CC1. The summed E-state index contributed by atoms with van der Waals surface area (Å²) in [6.07, 6.45) is 2.59. The van der Waals surface area contributed by atoms with E-state index in [4.69, 9.17) is 21.1 Å². The number of carbonyl (C=O) groups excluding carboxylic acids is 1. The van der Waals surface area contributed by atoms with Crippen LogP contribution in [-0.4, -0.2) is 11.1 Å². The molecule has 0 bridgehead atoms. The van der Waals surface area contributed by atoms with Crippen LogP contribution in [0.25, 0.3) is 0 Å². The summed E-state index contributed by atoms with van der Waals surface area (Å²) < 4.78 is 11.5. The second-order valence-corrected chi connectivity index (χ2v) is 6.99. The largest absolute Gasteiger partial charge is 0.488 e. The monoisotopic (exact) mass is 374 g/mol. The van der Waals surface area contributed by atoms with Crippen LogP contribution in [0.15, 0.2) is 30.3 Å². The molecule has 2 aromatic rings. The predicted octanol–water partition coefficient (Wildman–Crippen LogP) is 4.91. The maximum absolute atomic E-state index is 11.7. The molecule has 0 heterocycles. The lowest BCUT2D eigenvalue weighted by Crippen LogP contribution is -2.10. The summed E-state index contributed by atoms with van der Waals surface area (Å²) in [5, 5.41) is 10.3. The maximum atomic E-state index is 11.7. The van der Waals surface area contributed by atoms with Crippen LogP contribution in [-0.2, 0) is 18.0 Å². The molecule has 138 valence electrons. The van der Waals surface area contributed by atoms with E-state index in [1.165, 1.54) is 5.56 Å². The third-order valence-electron chi connectivity index (χ3n) is 4.59. The van der Waals surface area contributed by atoms with Crippen molar-refractivity contribution in [1.82, 2.24) is 0 Å². The van der Waals surface area contributed by atoms with Crippen molar-refractivity contribution in [3.8, 4) is 11.5 Å². The minimum Gasteiger partial charge on any atom is -0.488 e. The van der Waals surface area contributed by atoms with Gasteiger partial charge in [0.1, 0.15) is 18.1 Å². The van der Waals surface area contributed by atoms with Gasteiger partial charge in [-0.2, -0.15) is 0 Å². The molecule has 1 N–H and O–H groups in total. The van der Waals surface area contributed by atoms with E-state index in [-0.39, 0.29) is 25.6 Å². The van der Waals surface area contributed by atoms with Gasteiger partial charge in [-0.1, -0.05) is 36.7 Å². The molecule has 0 amide bonds. The smallest absolute Gasteiger partial charge is 0.310 e. The molecule has 0 radical (unpaired) electrons. The number of carbonyl (C=O) groups is 1. The fraction of sp³-hybridized carbons (Fsp3) is 0.381.